The van der Waals surface area contributed by atoms with Crippen molar-refractivity contribution in [2.45, 2.75) is 32.9 Å². The second-order valence-electron chi connectivity index (χ2n) is 7.62. The van der Waals surface area contributed by atoms with Crippen LogP contribution in [-0.4, -0.2) is 38.0 Å². The number of morpholine rings is 1. The van der Waals surface area contributed by atoms with Gasteiger partial charge in [-0.3, -0.25) is 4.79 Å². The van der Waals surface area contributed by atoms with Gasteiger partial charge in [0.25, 0.3) is 5.91 Å². The zero-order valence-electron chi connectivity index (χ0n) is 17.4. The number of aromatic nitrogens is 3. The Hall–Kier alpha value is -3.19. The van der Waals surface area contributed by atoms with Crippen molar-refractivity contribution < 1.29 is 13.9 Å². The summed E-state index contributed by atoms with van der Waals surface area (Å²) in [7, 11) is 0. The first kappa shape index (κ1) is 21.1. The SMILES string of the molecule is Cc1cn(-c2ccc(C=C3O[C@@H](C)CN([C@@H](C)c4ccc(Cl)nc4)C3=O)cc2F)cn1. The van der Waals surface area contributed by atoms with Gasteiger partial charge in [0, 0.05) is 12.4 Å². The molecule has 0 unspecified atom stereocenters. The summed E-state index contributed by atoms with van der Waals surface area (Å²) in [5, 5.41) is 0.398. The number of ether oxygens (including phenoxy) is 1. The van der Waals surface area contributed by atoms with Crippen LogP contribution in [0.1, 0.15) is 36.7 Å². The van der Waals surface area contributed by atoms with Gasteiger partial charge in [-0.2, -0.15) is 0 Å². The van der Waals surface area contributed by atoms with Gasteiger partial charge in [-0.15, -0.1) is 0 Å². The second-order valence-corrected chi connectivity index (χ2v) is 8.01. The number of carbonyl (C=O) groups excluding carboxylic acids is 1. The summed E-state index contributed by atoms with van der Waals surface area (Å²) in [6.45, 7) is 6.10. The minimum atomic E-state index is -0.416. The summed E-state index contributed by atoms with van der Waals surface area (Å²) >= 11 is 5.88. The molecule has 3 aromatic rings. The van der Waals surface area contributed by atoms with Crippen LogP contribution in [-0.2, 0) is 9.53 Å². The molecule has 0 bridgehead atoms. The maximum atomic E-state index is 14.7. The van der Waals surface area contributed by atoms with Crippen molar-refractivity contribution in [1.82, 2.24) is 19.4 Å². The zero-order valence-corrected chi connectivity index (χ0v) is 18.2. The highest BCUT2D eigenvalue weighted by Crippen LogP contribution is 2.28. The van der Waals surface area contributed by atoms with Gasteiger partial charge in [0.15, 0.2) is 5.76 Å². The van der Waals surface area contributed by atoms with Gasteiger partial charge in [-0.1, -0.05) is 23.7 Å². The highest BCUT2D eigenvalue weighted by molar-refractivity contribution is 6.29. The fourth-order valence-electron chi connectivity index (χ4n) is 3.58. The lowest BCUT2D eigenvalue weighted by Crippen LogP contribution is -2.45. The van der Waals surface area contributed by atoms with Gasteiger partial charge < -0.3 is 14.2 Å². The van der Waals surface area contributed by atoms with Crippen LogP contribution >= 0.6 is 11.6 Å². The molecule has 0 saturated carbocycles. The van der Waals surface area contributed by atoms with E-state index >= 15 is 0 Å². The number of nitrogens with zero attached hydrogens (tertiary/aromatic N) is 4. The number of halogens is 2. The Bertz CT molecular complexity index is 1140. The van der Waals surface area contributed by atoms with E-state index in [1.807, 2.05) is 26.8 Å². The van der Waals surface area contributed by atoms with Crippen molar-refractivity contribution in [3.63, 3.8) is 0 Å². The Balaban J connectivity index is 1.60. The first-order chi connectivity index (χ1) is 14.8. The average molecular weight is 441 g/mol. The first-order valence-corrected chi connectivity index (χ1v) is 10.3. The molecule has 2 aromatic heterocycles. The van der Waals surface area contributed by atoms with E-state index in [2.05, 4.69) is 9.97 Å². The lowest BCUT2D eigenvalue weighted by Gasteiger charge is -2.37. The van der Waals surface area contributed by atoms with Crippen LogP contribution in [0.4, 0.5) is 4.39 Å². The van der Waals surface area contributed by atoms with Gasteiger partial charge in [0.2, 0.25) is 0 Å². The molecule has 0 spiro atoms. The molecule has 3 heterocycles. The van der Waals surface area contributed by atoms with Crippen LogP contribution in [0, 0.1) is 12.7 Å². The molecule has 1 amide bonds. The molecule has 2 atom stereocenters. The Morgan fingerprint density at radius 3 is 2.74 bits per heavy atom. The van der Waals surface area contributed by atoms with Gasteiger partial charge in [-0.25, -0.2) is 14.4 Å². The van der Waals surface area contributed by atoms with E-state index in [4.69, 9.17) is 16.3 Å². The molecular weight excluding hydrogens is 419 g/mol. The number of benzene rings is 1. The van der Waals surface area contributed by atoms with E-state index in [0.29, 0.717) is 22.9 Å². The molecule has 1 saturated heterocycles. The number of pyridine rings is 1. The predicted octanol–water partition coefficient (Wildman–Crippen LogP) is 4.72. The van der Waals surface area contributed by atoms with E-state index in [1.165, 1.54) is 6.07 Å². The summed E-state index contributed by atoms with van der Waals surface area (Å²) in [6.07, 6.45) is 6.34. The van der Waals surface area contributed by atoms with Crippen LogP contribution < -0.4 is 0 Å². The minimum absolute atomic E-state index is 0.179. The van der Waals surface area contributed by atoms with E-state index in [9.17, 15) is 9.18 Å². The fraction of sp³-hybridized carbons (Fsp3) is 0.261. The van der Waals surface area contributed by atoms with E-state index < -0.39 is 5.82 Å². The molecule has 0 radical (unpaired) electrons. The minimum Gasteiger partial charge on any atom is -0.483 e. The van der Waals surface area contributed by atoms with Gasteiger partial charge >= 0.3 is 0 Å². The molecule has 160 valence electrons. The quantitative estimate of drug-likeness (QED) is 0.435. The largest absolute Gasteiger partial charge is 0.483 e. The first-order valence-electron chi connectivity index (χ1n) is 9.93. The Kier molecular flexibility index (Phi) is 5.78. The smallest absolute Gasteiger partial charge is 0.289 e. The normalized spacial score (nSPS) is 18.9. The molecule has 0 N–H and O–H groups in total. The number of amides is 1. The Labute approximate surface area is 184 Å². The number of rotatable bonds is 4. The van der Waals surface area contributed by atoms with Crippen molar-refractivity contribution in [3.05, 3.63) is 82.6 Å². The molecule has 8 heteroatoms. The van der Waals surface area contributed by atoms with E-state index in [1.54, 1.807) is 52.5 Å². The van der Waals surface area contributed by atoms with Crippen LogP contribution in [0.2, 0.25) is 5.15 Å². The van der Waals surface area contributed by atoms with Gasteiger partial charge in [-0.05, 0) is 56.2 Å². The number of aryl methyl sites for hydroxylation is 1. The summed E-state index contributed by atoms with van der Waals surface area (Å²) in [5.74, 6) is -0.492. The lowest BCUT2D eigenvalue weighted by molar-refractivity contribution is -0.141. The molecular formula is C23H22ClFN4O2. The third kappa shape index (κ3) is 4.46. The van der Waals surface area contributed by atoms with Gasteiger partial charge in [0.05, 0.1) is 30.3 Å². The van der Waals surface area contributed by atoms with E-state index in [0.717, 1.165) is 11.3 Å². The Morgan fingerprint density at radius 1 is 1.29 bits per heavy atom. The van der Waals surface area contributed by atoms with Crippen LogP contribution in [0.5, 0.6) is 0 Å². The summed E-state index contributed by atoms with van der Waals surface area (Å²) in [4.78, 5) is 23.1. The van der Waals surface area contributed by atoms with Crippen LogP contribution in [0.25, 0.3) is 11.8 Å². The zero-order chi connectivity index (χ0) is 22.1. The summed E-state index contributed by atoms with van der Waals surface area (Å²) < 4.78 is 22.1. The summed E-state index contributed by atoms with van der Waals surface area (Å²) in [5.41, 5.74) is 2.59. The molecule has 1 aliphatic rings. The number of carbonyl (C=O) groups is 1. The monoisotopic (exact) mass is 440 g/mol. The topological polar surface area (TPSA) is 60.2 Å². The molecule has 1 aliphatic heterocycles. The average Bonchev–Trinajstić information content (AvgIpc) is 3.16. The standard InChI is InChI=1S/C23H22ClFN4O2/c1-14-11-28(13-27-14)20-6-4-17(8-19(20)25)9-21-23(30)29(12-15(2)31-21)16(3)18-5-7-22(24)26-10-18/h4-11,13,15-16H,12H2,1-3H3/t15-,16-/m0/s1. The molecule has 0 aliphatic carbocycles. The molecule has 1 fully saturated rings. The molecule has 1 aromatic carbocycles. The van der Waals surface area contributed by atoms with E-state index in [-0.39, 0.29) is 23.8 Å². The van der Waals surface area contributed by atoms with Crippen molar-refractivity contribution in [2.24, 2.45) is 0 Å². The Morgan fingerprint density at radius 2 is 2.10 bits per heavy atom. The third-order valence-electron chi connectivity index (χ3n) is 5.21. The number of imidazole rings is 1. The van der Waals surface area contributed by atoms with Crippen molar-refractivity contribution in [3.8, 4) is 5.69 Å². The van der Waals surface area contributed by atoms with Crippen molar-refractivity contribution >= 4 is 23.6 Å². The number of hydrogen-bond acceptors (Lipinski definition) is 4. The van der Waals surface area contributed by atoms with Crippen LogP contribution in [0.3, 0.4) is 0 Å². The lowest BCUT2D eigenvalue weighted by atomic mass is 10.1. The number of hydrogen-bond donors (Lipinski definition) is 0. The maximum Gasteiger partial charge on any atom is 0.289 e. The highest BCUT2D eigenvalue weighted by Gasteiger charge is 2.33. The van der Waals surface area contributed by atoms with Crippen molar-refractivity contribution in [2.75, 3.05) is 6.54 Å². The third-order valence-corrected chi connectivity index (χ3v) is 5.44. The second kappa shape index (κ2) is 8.51. The van der Waals surface area contributed by atoms with Crippen LogP contribution in [0.15, 0.2) is 54.8 Å². The van der Waals surface area contributed by atoms with Gasteiger partial charge in [0.1, 0.15) is 17.1 Å². The predicted molar refractivity (Wildman–Crippen MR) is 116 cm³/mol. The summed E-state index contributed by atoms with van der Waals surface area (Å²) in [6, 6.07) is 8.11. The molecule has 31 heavy (non-hydrogen) atoms. The highest BCUT2D eigenvalue weighted by atomic mass is 35.5. The fourth-order valence-corrected chi connectivity index (χ4v) is 3.69. The van der Waals surface area contributed by atoms with Crippen molar-refractivity contribution in [1.29, 1.82) is 0 Å². The molecule has 6 nitrogen and oxygen atoms in total. The molecule has 4 rings (SSSR count). The maximum absolute atomic E-state index is 14.7.